The minimum Gasteiger partial charge on any atom is -0.448 e. The molecule has 8 heteroatoms. The van der Waals surface area contributed by atoms with Crippen LogP contribution in [0.1, 0.15) is 60.3 Å². The number of hydrogen-bond acceptors (Lipinski definition) is 3. The van der Waals surface area contributed by atoms with E-state index in [1.165, 1.54) is 0 Å². The lowest BCUT2D eigenvalue weighted by Crippen LogP contribution is -2.60. The van der Waals surface area contributed by atoms with Crippen molar-refractivity contribution in [3.05, 3.63) is 94.8 Å². The van der Waals surface area contributed by atoms with E-state index >= 15 is 0 Å². The molecular formula is C31H29F4NO3. The second-order valence-corrected chi connectivity index (χ2v) is 11.1. The van der Waals surface area contributed by atoms with E-state index in [9.17, 15) is 27.5 Å². The van der Waals surface area contributed by atoms with Crippen molar-refractivity contribution in [1.82, 2.24) is 4.90 Å². The molecule has 0 aromatic heterocycles. The van der Waals surface area contributed by atoms with Crippen LogP contribution >= 0.6 is 0 Å². The topological polar surface area (TPSA) is 49.8 Å². The molecule has 2 heterocycles. The molecule has 204 valence electrons. The van der Waals surface area contributed by atoms with Gasteiger partial charge in [-0.2, -0.15) is 13.2 Å². The zero-order valence-electron chi connectivity index (χ0n) is 21.3. The van der Waals surface area contributed by atoms with Crippen LogP contribution in [0.3, 0.4) is 0 Å². The molecular weight excluding hydrogens is 510 g/mol. The molecule has 3 aromatic rings. The Balaban J connectivity index is 1.18. The van der Waals surface area contributed by atoms with Gasteiger partial charge in [-0.05, 0) is 78.1 Å². The minimum atomic E-state index is -4.66. The molecule has 2 saturated heterocycles. The first-order chi connectivity index (χ1) is 18.6. The lowest BCUT2D eigenvalue weighted by Gasteiger charge is -2.51. The molecule has 2 atom stereocenters. The lowest BCUT2D eigenvalue weighted by molar-refractivity contribution is -0.139. The number of piperidine rings is 2. The normalized spacial score (nSPS) is 24.3. The highest BCUT2D eigenvalue weighted by molar-refractivity contribution is 5.79. The van der Waals surface area contributed by atoms with Crippen molar-refractivity contribution in [3.8, 4) is 11.1 Å². The number of fused-ring (bicyclic) bond motifs is 5. The molecule has 39 heavy (non-hydrogen) atoms. The molecule has 2 bridgehead atoms. The van der Waals surface area contributed by atoms with Crippen molar-refractivity contribution in [1.29, 1.82) is 0 Å². The Morgan fingerprint density at radius 2 is 1.54 bits per heavy atom. The number of alkyl halides is 3. The van der Waals surface area contributed by atoms with Crippen molar-refractivity contribution < 1.29 is 32.2 Å². The fraction of sp³-hybridized carbons (Fsp3) is 0.387. The van der Waals surface area contributed by atoms with Gasteiger partial charge in [-0.1, -0.05) is 48.5 Å². The van der Waals surface area contributed by atoms with Crippen LogP contribution in [-0.4, -0.2) is 40.4 Å². The number of hydrogen-bond donors (Lipinski definition) is 1. The summed E-state index contributed by atoms with van der Waals surface area (Å²) < 4.78 is 60.5. The second kappa shape index (κ2) is 9.66. The Bertz CT molecular complexity index is 1350. The number of benzene rings is 3. The van der Waals surface area contributed by atoms with Gasteiger partial charge in [-0.25, -0.2) is 9.18 Å². The molecule has 4 nitrogen and oxygen atoms in total. The summed E-state index contributed by atoms with van der Waals surface area (Å²) >= 11 is 0. The molecule has 0 radical (unpaired) electrons. The number of carbonyl (C=O) groups excluding carboxylic acids is 1. The van der Waals surface area contributed by atoms with Crippen molar-refractivity contribution in [3.63, 3.8) is 0 Å². The number of aliphatic hydroxyl groups is 1. The summed E-state index contributed by atoms with van der Waals surface area (Å²) in [4.78, 5) is 15.1. The summed E-state index contributed by atoms with van der Waals surface area (Å²) in [6, 6.07) is 17.8. The highest BCUT2D eigenvalue weighted by Crippen LogP contribution is 2.46. The molecule has 3 aromatic carbocycles. The fourth-order valence-electron chi connectivity index (χ4n) is 6.98. The molecule has 0 saturated carbocycles. The molecule has 2 fully saturated rings. The molecule has 1 aliphatic carbocycles. The Labute approximate surface area is 224 Å². The Kier molecular flexibility index (Phi) is 6.41. The van der Waals surface area contributed by atoms with E-state index in [0.717, 1.165) is 46.9 Å². The van der Waals surface area contributed by atoms with Gasteiger partial charge in [-0.15, -0.1) is 0 Å². The van der Waals surface area contributed by atoms with Crippen LogP contribution in [0.5, 0.6) is 0 Å². The Morgan fingerprint density at radius 1 is 0.949 bits per heavy atom. The summed E-state index contributed by atoms with van der Waals surface area (Å²) in [5.41, 5.74) is 1.78. The molecule has 2 aliphatic heterocycles. The first kappa shape index (κ1) is 25.9. The predicted molar refractivity (Wildman–Crippen MR) is 138 cm³/mol. The first-order valence-corrected chi connectivity index (χ1v) is 13.3. The van der Waals surface area contributed by atoms with Crippen LogP contribution in [0.2, 0.25) is 0 Å². The maximum atomic E-state index is 13.9. The Morgan fingerprint density at radius 3 is 2.13 bits per heavy atom. The summed E-state index contributed by atoms with van der Waals surface area (Å²) in [6.45, 7) is 0.172. The van der Waals surface area contributed by atoms with E-state index in [1.54, 1.807) is 4.90 Å². The zero-order chi connectivity index (χ0) is 27.4. The van der Waals surface area contributed by atoms with Crippen LogP contribution in [-0.2, 0) is 17.3 Å². The van der Waals surface area contributed by atoms with Crippen LogP contribution in [0.4, 0.5) is 22.4 Å². The molecule has 6 rings (SSSR count). The summed E-state index contributed by atoms with van der Waals surface area (Å²) in [5, 5.41) is 11.5. The lowest BCUT2D eigenvalue weighted by atomic mass is 9.73. The van der Waals surface area contributed by atoms with Gasteiger partial charge in [0.25, 0.3) is 0 Å². The number of amides is 1. The largest absolute Gasteiger partial charge is 0.448 e. The van der Waals surface area contributed by atoms with E-state index in [4.69, 9.17) is 4.74 Å². The third-order valence-electron chi connectivity index (χ3n) is 8.53. The number of rotatable bonds is 4. The maximum Gasteiger partial charge on any atom is 0.416 e. The van der Waals surface area contributed by atoms with Gasteiger partial charge in [0.2, 0.25) is 0 Å². The molecule has 1 N–H and O–H groups in total. The summed E-state index contributed by atoms with van der Waals surface area (Å²) in [5.74, 6) is -0.866. The van der Waals surface area contributed by atoms with Crippen LogP contribution in [0, 0.1) is 5.82 Å². The molecule has 3 aliphatic rings. The van der Waals surface area contributed by atoms with Gasteiger partial charge in [0.05, 0.1) is 11.2 Å². The van der Waals surface area contributed by atoms with E-state index in [2.05, 4.69) is 12.1 Å². The van der Waals surface area contributed by atoms with Crippen LogP contribution in [0.15, 0.2) is 66.7 Å². The van der Waals surface area contributed by atoms with E-state index in [1.807, 2.05) is 36.4 Å². The average Bonchev–Trinajstić information content (AvgIpc) is 3.19. The number of ether oxygens (including phenoxy) is 1. The van der Waals surface area contributed by atoms with Crippen LogP contribution < -0.4 is 0 Å². The van der Waals surface area contributed by atoms with Crippen molar-refractivity contribution in [2.75, 3.05) is 6.61 Å². The SMILES string of the molecule is O=C(OCC1c2ccccc2-c2ccccc21)N1C2CCCC1CC(O)(Cc1cc(F)ccc1C(F)(F)F)C2. The number of halogens is 4. The van der Waals surface area contributed by atoms with Crippen molar-refractivity contribution in [2.24, 2.45) is 0 Å². The van der Waals surface area contributed by atoms with Gasteiger partial charge < -0.3 is 14.7 Å². The quantitative estimate of drug-likeness (QED) is 0.361. The first-order valence-electron chi connectivity index (χ1n) is 13.3. The Hall–Kier alpha value is -3.39. The van der Waals surface area contributed by atoms with Crippen molar-refractivity contribution in [2.45, 2.75) is 68.3 Å². The smallest absolute Gasteiger partial charge is 0.416 e. The summed E-state index contributed by atoms with van der Waals surface area (Å²) in [7, 11) is 0. The monoisotopic (exact) mass is 539 g/mol. The molecule has 0 spiro atoms. The predicted octanol–water partition coefficient (Wildman–Crippen LogP) is 7.08. The zero-order valence-corrected chi connectivity index (χ0v) is 21.3. The van der Waals surface area contributed by atoms with E-state index < -0.39 is 29.3 Å². The summed E-state index contributed by atoms with van der Waals surface area (Å²) in [6.07, 6.45) is -3.12. The molecule has 1 amide bonds. The van der Waals surface area contributed by atoms with E-state index in [-0.39, 0.29) is 49.4 Å². The van der Waals surface area contributed by atoms with Gasteiger partial charge in [0.15, 0.2) is 0 Å². The van der Waals surface area contributed by atoms with Gasteiger partial charge in [0, 0.05) is 24.4 Å². The number of carbonyl (C=O) groups is 1. The maximum absolute atomic E-state index is 13.9. The van der Waals surface area contributed by atoms with E-state index in [0.29, 0.717) is 12.8 Å². The minimum absolute atomic E-state index is 0.0864. The van der Waals surface area contributed by atoms with Crippen LogP contribution in [0.25, 0.3) is 11.1 Å². The third-order valence-corrected chi connectivity index (χ3v) is 8.53. The average molecular weight is 540 g/mol. The highest BCUT2D eigenvalue weighted by Gasteiger charge is 2.49. The van der Waals surface area contributed by atoms with Gasteiger partial charge in [-0.3, -0.25) is 0 Å². The molecule has 2 unspecified atom stereocenters. The van der Waals surface area contributed by atoms with Gasteiger partial charge >= 0.3 is 12.3 Å². The fourth-order valence-corrected chi connectivity index (χ4v) is 6.98. The number of nitrogens with zero attached hydrogens (tertiary/aromatic N) is 1. The van der Waals surface area contributed by atoms with Gasteiger partial charge in [0.1, 0.15) is 12.4 Å². The third kappa shape index (κ3) is 4.80. The van der Waals surface area contributed by atoms with Crippen molar-refractivity contribution >= 4 is 6.09 Å². The standard InChI is InChI=1S/C31H29F4NO3/c32-20-12-13-28(31(33,34)35)19(14-20)15-30(38)16-21-6-5-7-22(17-30)36(21)29(37)39-18-27-25-10-3-1-8-23(25)24-9-2-4-11-26(24)27/h1-4,8-14,21-22,27,38H,5-7,15-18H2. The second-order valence-electron chi connectivity index (χ2n) is 11.1. The highest BCUT2D eigenvalue weighted by atomic mass is 19.4.